The molecule has 1 aliphatic rings. The van der Waals surface area contributed by atoms with Crippen LogP contribution in [-0.2, 0) is 27.1 Å². The van der Waals surface area contributed by atoms with Crippen molar-refractivity contribution < 1.29 is 106 Å². The lowest BCUT2D eigenvalue weighted by molar-refractivity contribution is -0.164. The first-order valence-electron chi connectivity index (χ1n) is 9.55. The minimum absolute atomic E-state index is 2.65. The summed E-state index contributed by atoms with van der Waals surface area (Å²) in [6.45, 7) is -17.3. The number of halogens is 18. The normalized spacial score (nSPS) is 19.6. The minimum atomic E-state index is -6.31. The molecule has 30 heteroatoms. The molecule has 1 aliphatic heterocycles. The molecule has 1 rings (SSSR count). The van der Waals surface area contributed by atoms with Crippen LogP contribution >= 0.6 is 23.0 Å². The van der Waals surface area contributed by atoms with Crippen LogP contribution in [0, 0.1) is 0 Å². The number of rotatable bonds is 12. The van der Waals surface area contributed by atoms with E-state index in [-0.39, 0.29) is 0 Å². The van der Waals surface area contributed by atoms with Gasteiger partial charge >= 0.3 is 60.0 Å². The predicted molar refractivity (Wildman–Crippen MR) is 100 cm³/mol. The molecule has 0 aromatic carbocycles. The summed E-state index contributed by atoms with van der Waals surface area (Å²) in [7, 11) is -18.9. The Morgan fingerprint density at radius 1 is 0.286 bits per heavy atom. The molecule has 0 unspecified atom stereocenters. The molecule has 0 bridgehead atoms. The Bertz CT molecular complexity index is 861. The highest BCUT2D eigenvalue weighted by Gasteiger charge is 2.50. The highest BCUT2D eigenvalue weighted by Crippen LogP contribution is 2.81. The number of hydrogen-bond donors (Lipinski definition) is 0. The molecule has 0 aromatic rings. The van der Waals surface area contributed by atoms with Gasteiger partial charge in [-0.05, 0) is 0 Å². The summed E-state index contributed by atoms with van der Waals surface area (Å²) in [6, 6.07) is 0. The first kappa shape index (κ1) is 39.2. The van der Waals surface area contributed by atoms with E-state index in [2.05, 4.69) is 40.7 Å². The minimum Gasteiger partial charge on any atom is -0.297 e. The number of hydrogen-bond acceptors (Lipinski definition) is 9. The lowest BCUT2D eigenvalue weighted by atomic mass is 10.7. The molecule has 252 valence electrons. The van der Waals surface area contributed by atoms with Crippen molar-refractivity contribution in [3.05, 3.63) is 0 Å². The van der Waals surface area contributed by atoms with Gasteiger partial charge in [-0.2, -0.15) is 79.0 Å². The maximum atomic E-state index is 12.9. The second kappa shape index (κ2) is 13.3. The molecule has 1 heterocycles. The quantitative estimate of drug-likeness (QED) is 0.147. The van der Waals surface area contributed by atoms with Crippen molar-refractivity contribution in [1.29, 1.82) is 0 Å². The first-order chi connectivity index (χ1) is 18.4. The molecule has 0 radical (unpaired) electrons. The van der Waals surface area contributed by atoms with Gasteiger partial charge in [0.1, 0.15) is 0 Å². The van der Waals surface area contributed by atoms with E-state index in [0.717, 1.165) is 0 Å². The molecule has 0 saturated carbocycles. The van der Waals surface area contributed by atoms with Crippen LogP contribution in [0.15, 0.2) is 13.5 Å². The largest absolute Gasteiger partial charge is 0.412 e. The molecule has 0 amide bonds. The van der Waals surface area contributed by atoms with Crippen LogP contribution in [0.25, 0.3) is 0 Å². The molecule has 0 fully saturated rings. The first-order valence-corrected chi connectivity index (χ1v) is 14.1. The van der Waals surface area contributed by atoms with Crippen LogP contribution in [0.2, 0.25) is 0 Å². The Morgan fingerprint density at radius 2 is 0.405 bits per heavy atom. The zero-order valence-electron chi connectivity index (χ0n) is 19.2. The molecular formula is C12H12F18N3O6P3. The molecular weight excluding hydrogens is 717 g/mol. The van der Waals surface area contributed by atoms with E-state index in [1.165, 1.54) is 0 Å². The third-order valence-corrected chi connectivity index (χ3v) is 11.3. The van der Waals surface area contributed by atoms with Crippen molar-refractivity contribution in [2.75, 3.05) is 39.6 Å². The fourth-order valence-corrected chi connectivity index (χ4v) is 11.3. The topological polar surface area (TPSA) is 92.5 Å². The fourth-order valence-electron chi connectivity index (χ4n) is 1.85. The van der Waals surface area contributed by atoms with Gasteiger partial charge in [-0.1, -0.05) is 0 Å². The molecule has 0 aromatic heterocycles. The van der Waals surface area contributed by atoms with Crippen LogP contribution in [0.4, 0.5) is 79.0 Å². The zero-order chi connectivity index (χ0) is 33.1. The summed E-state index contributed by atoms with van der Waals surface area (Å²) in [5, 5.41) is 0. The highest BCUT2D eigenvalue weighted by atomic mass is 31.3. The monoisotopic (exact) mass is 729 g/mol. The van der Waals surface area contributed by atoms with Gasteiger partial charge in [0.25, 0.3) is 0 Å². The Hall–Kier alpha value is -0.810. The van der Waals surface area contributed by atoms with Crippen LogP contribution in [0.3, 0.4) is 0 Å². The average molecular weight is 729 g/mol. The van der Waals surface area contributed by atoms with Crippen molar-refractivity contribution in [2.45, 2.75) is 37.1 Å². The molecule has 0 saturated heterocycles. The third kappa shape index (κ3) is 16.3. The molecule has 0 aliphatic carbocycles. The summed E-state index contributed by atoms with van der Waals surface area (Å²) < 4.78 is 263. The van der Waals surface area contributed by atoms with Gasteiger partial charge < -0.3 is 0 Å². The zero-order valence-corrected chi connectivity index (χ0v) is 21.9. The van der Waals surface area contributed by atoms with Gasteiger partial charge in [0.2, 0.25) is 0 Å². The van der Waals surface area contributed by atoms with Gasteiger partial charge in [0, 0.05) is 0 Å². The predicted octanol–water partition coefficient (Wildman–Crippen LogP) is 9.31. The molecule has 9 nitrogen and oxygen atoms in total. The van der Waals surface area contributed by atoms with Gasteiger partial charge in [0.05, 0.1) is 0 Å². The van der Waals surface area contributed by atoms with Gasteiger partial charge in [-0.25, -0.2) is 0 Å². The fraction of sp³-hybridized carbons (Fsp3) is 1.00. The Morgan fingerprint density at radius 3 is 0.500 bits per heavy atom. The van der Waals surface area contributed by atoms with Crippen LogP contribution in [-0.4, -0.2) is 76.7 Å². The van der Waals surface area contributed by atoms with Crippen molar-refractivity contribution >= 4 is 23.0 Å². The molecule has 0 spiro atoms. The Labute approximate surface area is 220 Å². The Balaban J connectivity index is 4.20. The standard InChI is InChI=1S/C12H12F18N3O6P3/c13-7(14,15)1-34-40(35-2-8(16,17)18)31-41(36-3-9(19,20)21,37-4-10(22,23)24)33-42(32-40,38-5-11(25,26)27)39-6-12(28,29)30/h1-6H2. The van der Waals surface area contributed by atoms with Gasteiger partial charge in [-0.15, -0.1) is 13.5 Å². The summed E-state index contributed by atoms with van der Waals surface area (Å²) in [4.78, 5) is 0. The van der Waals surface area contributed by atoms with Crippen molar-refractivity contribution in [3.8, 4) is 0 Å². The smallest absolute Gasteiger partial charge is 0.297 e. The summed E-state index contributed by atoms with van der Waals surface area (Å²) in [5.41, 5.74) is 0. The SMILES string of the molecule is FC(F)(F)COP1(OCC(F)(F)F)=NP(OCC(F)(F)F)(OCC(F)(F)F)=NP(OCC(F)(F)F)(OCC(F)(F)F)=N1. The third-order valence-electron chi connectivity index (χ3n) is 3.06. The lowest BCUT2D eigenvalue weighted by Gasteiger charge is -2.34. The Kier molecular flexibility index (Phi) is 12.4. The molecule has 42 heavy (non-hydrogen) atoms. The summed E-state index contributed by atoms with van der Waals surface area (Å²) in [6.07, 6.45) is -34.0. The van der Waals surface area contributed by atoms with E-state index in [4.69, 9.17) is 0 Å². The van der Waals surface area contributed by atoms with Gasteiger partial charge in [0.15, 0.2) is 39.6 Å². The maximum absolute atomic E-state index is 12.9. The van der Waals surface area contributed by atoms with E-state index in [1.54, 1.807) is 0 Å². The van der Waals surface area contributed by atoms with E-state index < -0.39 is 99.7 Å². The van der Waals surface area contributed by atoms with E-state index in [9.17, 15) is 79.0 Å². The number of nitrogens with zero attached hydrogens (tertiary/aromatic N) is 3. The highest BCUT2D eigenvalue weighted by molar-refractivity contribution is 7.78. The summed E-state index contributed by atoms with van der Waals surface area (Å²) >= 11 is 0. The lowest BCUT2D eigenvalue weighted by Crippen LogP contribution is -2.23. The van der Waals surface area contributed by atoms with E-state index >= 15 is 0 Å². The average Bonchev–Trinajstić information content (AvgIpc) is 2.74. The maximum Gasteiger partial charge on any atom is 0.412 e. The van der Waals surface area contributed by atoms with E-state index in [1.807, 2.05) is 0 Å². The number of alkyl halides is 18. The second-order valence-electron chi connectivity index (χ2n) is 7.07. The van der Waals surface area contributed by atoms with Crippen molar-refractivity contribution in [3.63, 3.8) is 0 Å². The van der Waals surface area contributed by atoms with Gasteiger partial charge in [-0.3, -0.25) is 27.1 Å². The second-order valence-corrected chi connectivity index (χ2v) is 13.7. The van der Waals surface area contributed by atoms with Crippen LogP contribution < -0.4 is 0 Å². The molecule has 0 atom stereocenters. The van der Waals surface area contributed by atoms with Crippen molar-refractivity contribution in [2.24, 2.45) is 13.5 Å². The summed E-state index contributed by atoms with van der Waals surface area (Å²) in [5.74, 6) is 0. The van der Waals surface area contributed by atoms with Crippen LogP contribution in [0.5, 0.6) is 0 Å². The van der Waals surface area contributed by atoms with Crippen molar-refractivity contribution in [1.82, 2.24) is 0 Å². The molecule has 0 N–H and O–H groups in total. The van der Waals surface area contributed by atoms with E-state index in [0.29, 0.717) is 0 Å². The van der Waals surface area contributed by atoms with Crippen LogP contribution in [0.1, 0.15) is 0 Å².